The highest BCUT2D eigenvalue weighted by molar-refractivity contribution is 6.15. The number of ether oxygens (including phenoxy) is 6. The zero-order chi connectivity index (χ0) is 27.7. The number of carbonyl (C=O) groups excluding carboxylic acids is 2. The van der Waals surface area contributed by atoms with Crippen molar-refractivity contribution in [1.82, 2.24) is 4.57 Å². The summed E-state index contributed by atoms with van der Waals surface area (Å²) in [5.74, 6) is 1.52. The maximum Gasteiger partial charge on any atom is 0.343 e. The van der Waals surface area contributed by atoms with Crippen molar-refractivity contribution in [1.29, 1.82) is 0 Å². The molecule has 0 N–H and O–H groups in total. The van der Waals surface area contributed by atoms with Crippen LogP contribution in [0.5, 0.6) is 34.5 Å². The van der Waals surface area contributed by atoms with Crippen molar-refractivity contribution in [2.24, 2.45) is 0 Å². The van der Waals surface area contributed by atoms with Gasteiger partial charge >= 0.3 is 5.97 Å². The summed E-state index contributed by atoms with van der Waals surface area (Å²) in [6, 6.07) is 13.5. The fraction of sp³-hybridized carbons (Fsp3) is 0.200. The summed E-state index contributed by atoms with van der Waals surface area (Å²) < 4.78 is 34.9. The Hall–Kier alpha value is -4.92. The molecule has 0 saturated heterocycles. The first-order valence-corrected chi connectivity index (χ1v) is 12.2. The van der Waals surface area contributed by atoms with Gasteiger partial charge < -0.3 is 33.0 Å². The van der Waals surface area contributed by atoms with Crippen LogP contribution in [0, 0.1) is 0 Å². The van der Waals surface area contributed by atoms with Crippen LogP contribution in [0.15, 0.2) is 60.5 Å². The van der Waals surface area contributed by atoms with E-state index in [1.165, 1.54) is 39.5 Å². The number of methoxy groups -OCH3 is 4. The predicted molar refractivity (Wildman–Crippen MR) is 145 cm³/mol. The van der Waals surface area contributed by atoms with Gasteiger partial charge in [0.15, 0.2) is 17.3 Å². The van der Waals surface area contributed by atoms with Gasteiger partial charge in [0.05, 0.1) is 39.6 Å². The van der Waals surface area contributed by atoms with Crippen molar-refractivity contribution < 1.29 is 38.0 Å². The second-order valence-corrected chi connectivity index (χ2v) is 8.65. The number of esters is 1. The molecule has 3 aromatic carbocycles. The molecule has 1 aromatic heterocycles. The molecule has 0 aliphatic carbocycles. The first kappa shape index (κ1) is 25.7. The molecule has 1 aliphatic heterocycles. The Balaban J connectivity index is 1.42. The number of aryl methyl sites for hydroxylation is 1. The molecule has 9 nitrogen and oxygen atoms in total. The number of ketones is 1. The molecule has 0 radical (unpaired) electrons. The smallest absolute Gasteiger partial charge is 0.343 e. The fourth-order valence-electron chi connectivity index (χ4n) is 4.54. The number of nitrogens with zero attached hydrogens (tertiary/aromatic N) is 1. The lowest BCUT2D eigenvalue weighted by molar-refractivity contribution is 0.0733. The van der Waals surface area contributed by atoms with E-state index in [2.05, 4.69) is 11.5 Å². The second-order valence-electron chi connectivity index (χ2n) is 8.65. The third-order valence-electron chi connectivity index (χ3n) is 6.50. The third kappa shape index (κ3) is 4.63. The van der Waals surface area contributed by atoms with Gasteiger partial charge in [-0.2, -0.15) is 0 Å². The number of allylic oxidation sites excluding steroid dienone is 1. The number of aromatic nitrogens is 1. The van der Waals surface area contributed by atoms with Crippen molar-refractivity contribution in [3.63, 3.8) is 0 Å². The van der Waals surface area contributed by atoms with E-state index >= 15 is 0 Å². The number of benzene rings is 3. The Labute approximate surface area is 225 Å². The van der Waals surface area contributed by atoms with Crippen molar-refractivity contribution in [2.75, 3.05) is 28.4 Å². The summed E-state index contributed by atoms with van der Waals surface area (Å²) in [6.45, 7) is 2.82. The van der Waals surface area contributed by atoms with Gasteiger partial charge in [-0.25, -0.2) is 4.79 Å². The van der Waals surface area contributed by atoms with Gasteiger partial charge in [-0.15, -0.1) is 0 Å². The Morgan fingerprint density at radius 1 is 0.897 bits per heavy atom. The van der Waals surface area contributed by atoms with Gasteiger partial charge in [0.25, 0.3) is 0 Å². The van der Waals surface area contributed by atoms with E-state index in [1.807, 2.05) is 24.4 Å². The molecule has 0 amide bonds. The van der Waals surface area contributed by atoms with Crippen LogP contribution in [-0.2, 0) is 6.54 Å². The number of hydrogen-bond donors (Lipinski definition) is 0. The van der Waals surface area contributed by atoms with Crippen molar-refractivity contribution in [2.45, 2.75) is 13.5 Å². The Morgan fingerprint density at radius 3 is 2.26 bits per heavy atom. The molecule has 0 saturated carbocycles. The standard InChI is InChI=1S/C30H27NO8/c1-6-31-16-18(22-14-19(34-2)8-10-23(22)31)13-25-28(32)21-9-7-20(15-24(21)39-25)38-30(33)17-11-26(35-3)29(37-5)27(12-17)36-4/h7-16H,6H2,1-5H3/b25-13-. The molecule has 0 spiro atoms. The fourth-order valence-corrected chi connectivity index (χ4v) is 4.54. The molecular formula is C30H27NO8. The molecular weight excluding hydrogens is 502 g/mol. The molecule has 2 heterocycles. The Morgan fingerprint density at radius 2 is 1.62 bits per heavy atom. The normalized spacial score (nSPS) is 13.3. The van der Waals surface area contributed by atoms with Gasteiger partial charge in [-0.3, -0.25) is 4.79 Å². The van der Waals surface area contributed by atoms with E-state index in [0.717, 1.165) is 28.8 Å². The van der Waals surface area contributed by atoms with Crippen molar-refractivity contribution in [3.05, 3.63) is 77.2 Å². The number of Topliss-reactive ketones (excluding diaryl/α,β-unsaturated/α-hetero) is 1. The number of hydrogen-bond acceptors (Lipinski definition) is 8. The maximum absolute atomic E-state index is 13.1. The zero-order valence-corrected chi connectivity index (χ0v) is 22.2. The first-order chi connectivity index (χ1) is 18.9. The molecule has 0 atom stereocenters. The summed E-state index contributed by atoms with van der Waals surface area (Å²) >= 11 is 0. The van der Waals surface area contributed by atoms with Crippen LogP contribution in [0.2, 0.25) is 0 Å². The quantitative estimate of drug-likeness (QED) is 0.167. The van der Waals surface area contributed by atoms with Crippen LogP contribution in [0.25, 0.3) is 17.0 Å². The highest BCUT2D eigenvalue weighted by Crippen LogP contribution is 2.39. The molecule has 1 aliphatic rings. The van der Waals surface area contributed by atoms with E-state index in [4.69, 9.17) is 28.4 Å². The van der Waals surface area contributed by atoms with Crippen LogP contribution >= 0.6 is 0 Å². The second kappa shape index (κ2) is 10.4. The van der Waals surface area contributed by atoms with Crippen LogP contribution < -0.4 is 28.4 Å². The van der Waals surface area contributed by atoms with E-state index in [-0.39, 0.29) is 22.9 Å². The first-order valence-electron chi connectivity index (χ1n) is 12.2. The summed E-state index contributed by atoms with van der Waals surface area (Å²) in [6.07, 6.45) is 3.69. The average molecular weight is 530 g/mol. The molecule has 4 aromatic rings. The van der Waals surface area contributed by atoms with Crippen molar-refractivity contribution >= 4 is 28.7 Å². The largest absolute Gasteiger partial charge is 0.497 e. The van der Waals surface area contributed by atoms with Crippen LogP contribution in [0.3, 0.4) is 0 Å². The van der Waals surface area contributed by atoms with Gasteiger partial charge in [0.1, 0.15) is 17.2 Å². The highest BCUT2D eigenvalue weighted by Gasteiger charge is 2.29. The lowest BCUT2D eigenvalue weighted by Gasteiger charge is -2.13. The molecule has 0 fully saturated rings. The number of fused-ring (bicyclic) bond motifs is 2. The summed E-state index contributed by atoms with van der Waals surface area (Å²) in [4.78, 5) is 26.0. The SMILES string of the molecule is CCn1cc(/C=C2\Oc3cc(OC(=O)c4cc(OC)c(OC)c(OC)c4)ccc3C2=O)c2cc(OC)ccc21. The summed E-state index contributed by atoms with van der Waals surface area (Å²) in [5, 5.41) is 0.941. The van der Waals surface area contributed by atoms with E-state index in [1.54, 1.807) is 25.3 Å². The molecule has 9 heteroatoms. The molecule has 39 heavy (non-hydrogen) atoms. The lowest BCUT2D eigenvalue weighted by atomic mass is 10.1. The topological polar surface area (TPSA) is 94.5 Å². The van der Waals surface area contributed by atoms with E-state index in [9.17, 15) is 9.59 Å². The molecule has 200 valence electrons. The minimum Gasteiger partial charge on any atom is -0.497 e. The summed E-state index contributed by atoms with van der Waals surface area (Å²) in [7, 11) is 6.01. The lowest BCUT2D eigenvalue weighted by Crippen LogP contribution is -2.09. The molecule has 5 rings (SSSR count). The zero-order valence-electron chi connectivity index (χ0n) is 22.2. The van der Waals surface area contributed by atoms with Gasteiger partial charge in [-0.1, -0.05) is 0 Å². The monoisotopic (exact) mass is 529 g/mol. The third-order valence-corrected chi connectivity index (χ3v) is 6.50. The van der Waals surface area contributed by atoms with Gasteiger partial charge in [0.2, 0.25) is 11.5 Å². The summed E-state index contributed by atoms with van der Waals surface area (Å²) in [5.41, 5.74) is 2.43. The molecule has 0 unspecified atom stereocenters. The van der Waals surface area contributed by atoms with Crippen LogP contribution in [0.1, 0.15) is 33.2 Å². The van der Waals surface area contributed by atoms with Crippen LogP contribution in [-0.4, -0.2) is 44.8 Å². The van der Waals surface area contributed by atoms with E-state index < -0.39 is 5.97 Å². The highest BCUT2D eigenvalue weighted by atomic mass is 16.5. The van der Waals surface area contributed by atoms with Gasteiger partial charge in [0, 0.05) is 35.3 Å². The Bertz CT molecular complexity index is 1610. The molecule has 0 bridgehead atoms. The minimum atomic E-state index is -0.643. The van der Waals surface area contributed by atoms with Crippen molar-refractivity contribution in [3.8, 4) is 34.5 Å². The minimum absolute atomic E-state index is 0.177. The number of carbonyl (C=O) groups is 2. The maximum atomic E-state index is 13.1. The van der Waals surface area contributed by atoms with Crippen LogP contribution in [0.4, 0.5) is 0 Å². The number of rotatable bonds is 8. The predicted octanol–water partition coefficient (Wildman–Crippen LogP) is 5.53. The van der Waals surface area contributed by atoms with E-state index in [0.29, 0.717) is 28.6 Å². The Kier molecular flexibility index (Phi) is 6.89. The van der Waals surface area contributed by atoms with Gasteiger partial charge in [-0.05, 0) is 55.5 Å². The average Bonchev–Trinajstić information content (AvgIpc) is 3.47.